The van der Waals surface area contributed by atoms with E-state index in [9.17, 15) is 13.0 Å². The second kappa shape index (κ2) is 4.87. The number of nitrogens with zero attached hydrogens (tertiary/aromatic N) is 3. The van der Waals surface area contributed by atoms with Crippen molar-refractivity contribution in [3.8, 4) is 11.3 Å². The third-order valence-electron chi connectivity index (χ3n) is 3.11. The third kappa shape index (κ3) is 2.48. The van der Waals surface area contributed by atoms with E-state index in [0.29, 0.717) is 22.2 Å². The first-order valence-corrected chi connectivity index (χ1v) is 7.54. The second-order valence-corrected chi connectivity index (χ2v) is 5.98. The van der Waals surface area contributed by atoms with Crippen LogP contribution in [0.15, 0.2) is 47.9 Å². The van der Waals surface area contributed by atoms with E-state index in [4.69, 9.17) is 0 Å². The van der Waals surface area contributed by atoms with Crippen molar-refractivity contribution in [1.82, 2.24) is 15.0 Å². The van der Waals surface area contributed by atoms with Crippen LogP contribution >= 0.6 is 0 Å². The summed E-state index contributed by atoms with van der Waals surface area (Å²) in [6, 6.07) is 6.37. The molecule has 0 unspecified atom stereocenters. The van der Waals surface area contributed by atoms with Gasteiger partial charge in [-0.3, -0.25) is 9.54 Å². The quantitative estimate of drug-likeness (QED) is 0.730. The molecule has 6 nitrogen and oxygen atoms in total. The first kappa shape index (κ1) is 13.6. The summed E-state index contributed by atoms with van der Waals surface area (Å²) in [6.07, 6.45) is 4.50. The Balaban J connectivity index is 2.41. The third-order valence-corrected chi connectivity index (χ3v) is 4.02. The Morgan fingerprint density at radius 1 is 1.14 bits per heavy atom. The Bertz CT molecular complexity index is 934. The highest BCUT2D eigenvalue weighted by Crippen LogP contribution is 2.31. The van der Waals surface area contributed by atoms with Gasteiger partial charge in [-0.1, -0.05) is 11.6 Å². The zero-order chi connectivity index (χ0) is 15.0. The molecule has 0 saturated carbocycles. The van der Waals surface area contributed by atoms with Crippen molar-refractivity contribution in [3.63, 3.8) is 0 Å². The highest BCUT2D eigenvalue weighted by atomic mass is 32.2. The van der Waals surface area contributed by atoms with E-state index in [-0.39, 0.29) is 4.90 Å². The molecule has 3 aromatic rings. The van der Waals surface area contributed by atoms with Crippen LogP contribution in [-0.2, 0) is 10.1 Å². The lowest BCUT2D eigenvalue weighted by molar-refractivity contribution is 0.483. The van der Waals surface area contributed by atoms with Crippen molar-refractivity contribution in [2.45, 2.75) is 11.8 Å². The molecule has 3 rings (SSSR count). The molecular formula is C14H11N3O3S. The van der Waals surface area contributed by atoms with Crippen LogP contribution in [0, 0.1) is 6.92 Å². The van der Waals surface area contributed by atoms with E-state index >= 15 is 0 Å². The fourth-order valence-electron chi connectivity index (χ4n) is 2.18. The molecule has 0 atom stereocenters. The zero-order valence-electron chi connectivity index (χ0n) is 11.1. The van der Waals surface area contributed by atoms with Gasteiger partial charge in [-0.05, 0) is 25.1 Å². The molecule has 2 aromatic heterocycles. The normalized spacial score (nSPS) is 11.7. The summed E-state index contributed by atoms with van der Waals surface area (Å²) in [7, 11) is -4.34. The van der Waals surface area contributed by atoms with Crippen LogP contribution in [0.3, 0.4) is 0 Å². The molecule has 0 fully saturated rings. The maximum atomic E-state index is 11.6. The molecule has 2 heterocycles. The van der Waals surface area contributed by atoms with Crippen molar-refractivity contribution in [1.29, 1.82) is 0 Å². The Morgan fingerprint density at radius 2 is 1.95 bits per heavy atom. The fourth-order valence-corrected chi connectivity index (χ4v) is 2.85. The fraction of sp³-hybridized carbons (Fsp3) is 0.0714. The number of hydrogen-bond acceptors (Lipinski definition) is 5. The number of aryl methyl sites for hydroxylation is 1. The molecule has 0 aliphatic rings. The summed E-state index contributed by atoms with van der Waals surface area (Å²) < 4.78 is 32.6. The standard InChI is InChI=1S/C14H11N3O3S/c1-9-2-3-13(21(18,19)20)11(6-9)14-10-4-5-15-7-12(10)16-8-17-14/h2-8H,1H3,(H,18,19,20). The highest BCUT2D eigenvalue weighted by molar-refractivity contribution is 7.86. The SMILES string of the molecule is Cc1ccc(S(=O)(=O)O)c(-c2ncnc3cnccc23)c1. The molecule has 0 bridgehead atoms. The molecule has 0 aliphatic heterocycles. The maximum absolute atomic E-state index is 11.6. The zero-order valence-corrected chi connectivity index (χ0v) is 11.9. The van der Waals surface area contributed by atoms with Crippen LogP contribution in [0.1, 0.15) is 5.56 Å². The van der Waals surface area contributed by atoms with Crippen LogP contribution in [0.2, 0.25) is 0 Å². The first-order chi connectivity index (χ1) is 9.97. The second-order valence-electron chi connectivity index (χ2n) is 4.59. The Labute approximate surface area is 121 Å². The topological polar surface area (TPSA) is 93.0 Å². The van der Waals surface area contributed by atoms with Gasteiger partial charge in [0.25, 0.3) is 10.1 Å². The summed E-state index contributed by atoms with van der Waals surface area (Å²) in [5.41, 5.74) is 2.25. The molecular weight excluding hydrogens is 290 g/mol. The molecule has 106 valence electrons. The first-order valence-electron chi connectivity index (χ1n) is 6.10. The minimum absolute atomic E-state index is 0.176. The van der Waals surface area contributed by atoms with Gasteiger partial charge in [0.2, 0.25) is 0 Å². The maximum Gasteiger partial charge on any atom is 0.295 e. The van der Waals surface area contributed by atoms with Gasteiger partial charge >= 0.3 is 0 Å². The Morgan fingerprint density at radius 3 is 2.71 bits per heavy atom. The number of hydrogen-bond donors (Lipinski definition) is 1. The lowest BCUT2D eigenvalue weighted by atomic mass is 10.1. The molecule has 0 spiro atoms. The molecule has 21 heavy (non-hydrogen) atoms. The van der Waals surface area contributed by atoms with Crippen LogP contribution in [0.5, 0.6) is 0 Å². The number of fused-ring (bicyclic) bond motifs is 1. The number of pyridine rings is 1. The van der Waals surface area contributed by atoms with E-state index < -0.39 is 10.1 Å². The summed E-state index contributed by atoms with van der Waals surface area (Å²) in [5, 5.41) is 0.669. The molecule has 0 radical (unpaired) electrons. The number of benzene rings is 1. The van der Waals surface area contributed by atoms with E-state index in [1.807, 2.05) is 6.92 Å². The van der Waals surface area contributed by atoms with Crippen molar-refractivity contribution < 1.29 is 13.0 Å². The van der Waals surface area contributed by atoms with Gasteiger partial charge in [0.05, 0.1) is 17.4 Å². The molecule has 7 heteroatoms. The molecule has 0 aliphatic carbocycles. The van der Waals surface area contributed by atoms with E-state index in [1.54, 1.807) is 30.6 Å². The molecule has 1 N–H and O–H groups in total. The van der Waals surface area contributed by atoms with Crippen molar-refractivity contribution in [2.24, 2.45) is 0 Å². The minimum Gasteiger partial charge on any atom is -0.282 e. The minimum atomic E-state index is -4.34. The summed E-state index contributed by atoms with van der Waals surface area (Å²) in [6.45, 7) is 1.84. The summed E-state index contributed by atoms with van der Waals surface area (Å²) in [4.78, 5) is 12.1. The lowest BCUT2D eigenvalue weighted by Gasteiger charge is -2.09. The average molecular weight is 301 g/mol. The van der Waals surface area contributed by atoms with Crippen LogP contribution in [-0.4, -0.2) is 27.9 Å². The van der Waals surface area contributed by atoms with Crippen molar-refractivity contribution in [3.05, 3.63) is 48.5 Å². The monoisotopic (exact) mass is 301 g/mol. The Hall–Kier alpha value is -2.38. The van der Waals surface area contributed by atoms with Crippen LogP contribution in [0.4, 0.5) is 0 Å². The molecule has 1 aromatic carbocycles. The van der Waals surface area contributed by atoms with E-state index in [0.717, 1.165) is 5.56 Å². The van der Waals surface area contributed by atoms with Gasteiger partial charge in [0.15, 0.2) is 0 Å². The number of rotatable bonds is 2. The molecule has 0 amide bonds. The smallest absolute Gasteiger partial charge is 0.282 e. The predicted octanol–water partition coefficient (Wildman–Crippen LogP) is 2.25. The number of aromatic nitrogens is 3. The van der Waals surface area contributed by atoms with Gasteiger partial charge in [-0.2, -0.15) is 8.42 Å². The highest BCUT2D eigenvalue weighted by Gasteiger charge is 2.19. The van der Waals surface area contributed by atoms with Gasteiger partial charge in [-0.25, -0.2) is 9.97 Å². The Kier molecular flexibility index (Phi) is 3.15. The van der Waals surface area contributed by atoms with E-state index in [1.165, 1.54) is 12.4 Å². The van der Waals surface area contributed by atoms with Crippen molar-refractivity contribution in [2.75, 3.05) is 0 Å². The largest absolute Gasteiger partial charge is 0.295 e. The predicted molar refractivity (Wildman–Crippen MR) is 77.3 cm³/mol. The van der Waals surface area contributed by atoms with Gasteiger partial charge in [0.1, 0.15) is 11.2 Å². The van der Waals surface area contributed by atoms with Crippen LogP contribution < -0.4 is 0 Å². The van der Waals surface area contributed by atoms with Crippen molar-refractivity contribution >= 4 is 21.0 Å². The average Bonchev–Trinajstić information content (AvgIpc) is 2.45. The van der Waals surface area contributed by atoms with Gasteiger partial charge < -0.3 is 0 Å². The lowest BCUT2D eigenvalue weighted by Crippen LogP contribution is -2.02. The van der Waals surface area contributed by atoms with Gasteiger partial charge in [-0.15, -0.1) is 0 Å². The van der Waals surface area contributed by atoms with E-state index in [2.05, 4.69) is 15.0 Å². The summed E-state index contributed by atoms with van der Waals surface area (Å²) in [5.74, 6) is 0. The molecule has 0 saturated heterocycles. The van der Waals surface area contributed by atoms with Gasteiger partial charge in [0, 0.05) is 17.1 Å². The summed E-state index contributed by atoms with van der Waals surface area (Å²) >= 11 is 0. The van der Waals surface area contributed by atoms with Crippen LogP contribution in [0.25, 0.3) is 22.2 Å².